The summed E-state index contributed by atoms with van der Waals surface area (Å²) in [6.45, 7) is 0. The van der Waals surface area contributed by atoms with Gasteiger partial charge in [0.25, 0.3) is 0 Å². The van der Waals surface area contributed by atoms with Crippen LogP contribution in [0.15, 0.2) is 78.0 Å². The second-order valence-corrected chi connectivity index (χ2v) is 8.78. The SMILES string of the molecule is COC(=O)c1ccc(C2Nc3ccccc3-c3nnc(SCc4ccccc4Cl)nc3O2)cc1. The number of hydrogen-bond donors (Lipinski definition) is 1. The van der Waals surface area contributed by atoms with E-state index >= 15 is 0 Å². The summed E-state index contributed by atoms with van der Waals surface area (Å²) < 4.78 is 11.1. The Bertz CT molecular complexity index is 1350. The number of carbonyl (C=O) groups is 1. The molecule has 1 unspecified atom stereocenters. The first-order chi connectivity index (χ1) is 16.6. The Kier molecular flexibility index (Phi) is 6.33. The van der Waals surface area contributed by atoms with Crippen molar-refractivity contribution in [1.29, 1.82) is 0 Å². The van der Waals surface area contributed by atoms with Crippen molar-refractivity contribution in [3.05, 3.63) is 94.5 Å². The van der Waals surface area contributed by atoms with Gasteiger partial charge in [-0.1, -0.05) is 71.9 Å². The lowest BCUT2D eigenvalue weighted by atomic mass is 10.1. The molecular formula is C25H19ClN4O3S. The molecule has 1 aromatic heterocycles. The standard InChI is InChI=1S/C25H19ClN4O3S/c1-32-24(31)16-12-10-15(11-13-16)22-27-20-9-5-3-7-18(20)21-23(33-22)28-25(30-29-21)34-14-17-6-2-4-8-19(17)26/h2-13,22,27H,14H2,1H3. The van der Waals surface area contributed by atoms with Gasteiger partial charge in [-0.3, -0.25) is 0 Å². The Morgan fingerprint density at radius 3 is 2.62 bits per heavy atom. The average Bonchev–Trinajstić information content (AvgIpc) is 3.04. The first kappa shape index (κ1) is 22.2. The maximum absolute atomic E-state index is 11.8. The van der Waals surface area contributed by atoms with Gasteiger partial charge in [0.2, 0.25) is 11.0 Å². The van der Waals surface area contributed by atoms with Crippen LogP contribution in [0.25, 0.3) is 11.3 Å². The third-order valence-corrected chi connectivity index (χ3v) is 6.54. The van der Waals surface area contributed by atoms with Gasteiger partial charge in [0, 0.05) is 27.6 Å². The first-order valence-electron chi connectivity index (χ1n) is 10.4. The molecule has 1 N–H and O–H groups in total. The summed E-state index contributed by atoms with van der Waals surface area (Å²) in [5.41, 5.74) is 4.51. The number of aromatic nitrogens is 3. The summed E-state index contributed by atoms with van der Waals surface area (Å²) >= 11 is 7.71. The van der Waals surface area contributed by atoms with E-state index in [1.807, 2.05) is 60.7 Å². The zero-order valence-electron chi connectivity index (χ0n) is 18.1. The van der Waals surface area contributed by atoms with Gasteiger partial charge in [0.15, 0.2) is 11.9 Å². The van der Waals surface area contributed by atoms with Gasteiger partial charge in [-0.05, 0) is 29.8 Å². The molecule has 3 aromatic carbocycles. The fraction of sp³-hybridized carbons (Fsp3) is 0.120. The molecule has 170 valence electrons. The summed E-state index contributed by atoms with van der Waals surface area (Å²) in [6.07, 6.45) is -0.549. The maximum Gasteiger partial charge on any atom is 0.337 e. The van der Waals surface area contributed by atoms with Gasteiger partial charge < -0.3 is 14.8 Å². The van der Waals surface area contributed by atoms with E-state index < -0.39 is 12.2 Å². The Morgan fingerprint density at radius 2 is 1.82 bits per heavy atom. The third kappa shape index (κ3) is 4.55. The van der Waals surface area contributed by atoms with Crippen molar-refractivity contribution < 1.29 is 14.3 Å². The van der Waals surface area contributed by atoms with Crippen LogP contribution < -0.4 is 10.1 Å². The van der Waals surface area contributed by atoms with Crippen LogP contribution in [0.2, 0.25) is 5.02 Å². The molecule has 0 amide bonds. The molecule has 0 spiro atoms. The molecule has 4 aromatic rings. The number of nitrogens with one attached hydrogen (secondary N) is 1. The van der Waals surface area contributed by atoms with Gasteiger partial charge >= 0.3 is 5.97 Å². The van der Waals surface area contributed by atoms with Crippen molar-refractivity contribution in [1.82, 2.24) is 15.2 Å². The summed E-state index contributed by atoms with van der Waals surface area (Å²) in [7, 11) is 1.36. The number of thioether (sulfide) groups is 1. The van der Waals surface area contributed by atoms with E-state index in [1.54, 1.807) is 12.1 Å². The second-order valence-electron chi connectivity index (χ2n) is 7.43. The molecule has 1 aliphatic rings. The predicted molar refractivity (Wildman–Crippen MR) is 131 cm³/mol. The number of hydrogen-bond acceptors (Lipinski definition) is 8. The van der Waals surface area contributed by atoms with Crippen LogP contribution >= 0.6 is 23.4 Å². The lowest BCUT2D eigenvalue weighted by molar-refractivity contribution is 0.0600. The number of benzene rings is 3. The topological polar surface area (TPSA) is 86.2 Å². The molecule has 1 atom stereocenters. The Balaban J connectivity index is 1.47. The normalized spacial score (nSPS) is 14.1. The van der Waals surface area contributed by atoms with E-state index in [4.69, 9.17) is 21.1 Å². The van der Waals surface area contributed by atoms with Gasteiger partial charge in [-0.2, -0.15) is 4.98 Å². The van der Waals surface area contributed by atoms with Crippen LogP contribution in [0, 0.1) is 0 Å². The number of rotatable bonds is 5. The monoisotopic (exact) mass is 490 g/mol. The van der Waals surface area contributed by atoms with Gasteiger partial charge in [0.05, 0.1) is 12.7 Å². The number of esters is 1. The highest BCUT2D eigenvalue weighted by molar-refractivity contribution is 7.98. The maximum atomic E-state index is 11.8. The molecular weight excluding hydrogens is 472 g/mol. The number of carbonyl (C=O) groups excluding carboxylic acids is 1. The fourth-order valence-corrected chi connectivity index (χ4v) is 4.59. The number of fused-ring (bicyclic) bond motifs is 3. The fourth-order valence-electron chi connectivity index (χ4n) is 3.53. The quantitative estimate of drug-likeness (QED) is 0.278. The minimum atomic E-state index is -0.549. The molecule has 34 heavy (non-hydrogen) atoms. The van der Waals surface area contributed by atoms with Crippen molar-refractivity contribution in [2.45, 2.75) is 17.1 Å². The number of ether oxygens (including phenoxy) is 2. The summed E-state index contributed by atoms with van der Waals surface area (Å²) in [6, 6.07) is 22.5. The van der Waals surface area contributed by atoms with Crippen LogP contribution in [0.3, 0.4) is 0 Å². The van der Waals surface area contributed by atoms with E-state index in [0.717, 1.165) is 22.4 Å². The molecule has 7 nitrogen and oxygen atoms in total. The molecule has 0 aliphatic carbocycles. The van der Waals surface area contributed by atoms with E-state index in [9.17, 15) is 4.79 Å². The van der Waals surface area contributed by atoms with E-state index in [1.165, 1.54) is 18.9 Å². The molecule has 0 saturated carbocycles. The van der Waals surface area contributed by atoms with Gasteiger partial charge in [-0.15, -0.1) is 10.2 Å². The third-order valence-electron chi connectivity index (χ3n) is 5.28. The number of methoxy groups -OCH3 is 1. The van der Waals surface area contributed by atoms with Crippen molar-refractivity contribution in [3.63, 3.8) is 0 Å². The number of halogens is 1. The van der Waals surface area contributed by atoms with E-state index in [-0.39, 0.29) is 0 Å². The lowest BCUT2D eigenvalue weighted by Crippen LogP contribution is -2.17. The van der Waals surface area contributed by atoms with Crippen LogP contribution in [-0.2, 0) is 10.5 Å². The molecule has 0 saturated heterocycles. The number of anilines is 1. The molecule has 2 heterocycles. The summed E-state index contributed by atoms with van der Waals surface area (Å²) in [5, 5.41) is 13.3. The van der Waals surface area contributed by atoms with Crippen LogP contribution in [-0.4, -0.2) is 28.3 Å². The smallest absolute Gasteiger partial charge is 0.337 e. The van der Waals surface area contributed by atoms with E-state index in [0.29, 0.717) is 33.1 Å². The largest absolute Gasteiger partial charge is 0.465 e. The molecule has 5 rings (SSSR count). The minimum absolute atomic E-state index is 0.371. The van der Waals surface area contributed by atoms with Crippen molar-refractivity contribution in [2.24, 2.45) is 0 Å². The zero-order valence-corrected chi connectivity index (χ0v) is 19.6. The van der Waals surface area contributed by atoms with Crippen LogP contribution in [0.1, 0.15) is 27.7 Å². The molecule has 0 fully saturated rings. The molecule has 0 bridgehead atoms. The highest BCUT2D eigenvalue weighted by Crippen LogP contribution is 2.39. The summed E-state index contributed by atoms with van der Waals surface area (Å²) in [4.78, 5) is 16.5. The second kappa shape index (κ2) is 9.70. The highest BCUT2D eigenvalue weighted by Gasteiger charge is 2.26. The average molecular weight is 491 g/mol. The molecule has 9 heteroatoms. The Morgan fingerprint density at radius 1 is 1.06 bits per heavy atom. The van der Waals surface area contributed by atoms with Crippen LogP contribution in [0.5, 0.6) is 5.88 Å². The summed E-state index contributed by atoms with van der Waals surface area (Å²) in [5.74, 6) is 0.582. The van der Waals surface area contributed by atoms with Gasteiger partial charge in [-0.25, -0.2) is 4.79 Å². The highest BCUT2D eigenvalue weighted by atomic mass is 35.5. The van der Waals surface area contributed by atoms with Crippen LogP contribution in [0.4, 0.5) is 5.69 Å². The predicted octanol–water partition coefficient (Wildman–Crippen LogP) is 5.77. The van der Waals surface area contributed by atoms with Crippen molar-refractivity contribution >= 4 is 35.0 Å². The molecule has 0 radical (unpaired) electrons. The number of para-hydroxylation sites is 1. The Labute approximate surface area is 205 Å². The minimum Gasteiger partial charge on any atom is -0.465 e. The van der Waals surface area contributed by atoms with Gasteiger partial charge in [0.1, 0.15) is 0 Å². The number of nitrogens with zero attached hydrogens (tertiary/aromatic N) is 3. The van der Waals surface area contributed by atoms with Crippen molar-refractivity contribution in [3.8, 4) is 17.1 Å². The van der Waals surface area contributed by atoms with E-state index in [2.05, 4.69) is 20.5 Å². The zero-order chi connectivity index (χ0) is 23.5. The van der Waals surface area contributed by atoms with Crippen molar-refractivity contribution in [2.75, 3.05) is 12.4 Å². The first-order valence-corrected chi connectivity index (χ1v) is 11.8. The molecule has 1 aliphatic heterocycles. The lowest BCUT2D eigenvalue weighted by Gasteiger charge is -2.19. The Hall–Kier alpha value is -3.62.